The topological polar surface area (TPSA) is 89.4 Å². The first-order chi connectivity index (χ1) is 6.88. The summed E-state index contributed by atoms with van der Waals surface area (Å²) >= 11 is 0. The van der Waals surface area contributed by atoms with E-state index in [0.29, 0.717) is 6.07 Å². The molecule has 0 saturated carbocycles. The minimum Gasteiger partial charge on any atom is -0.508 e. The lowest BCUT2D eigenvalue weighted by Crippen LogP contribution is -2.26. The lowest BCUT2D eigenvalue weighted by molar-refractivity contribution is -0.387. The number of aromatic hydroxyl groups is 1. The summed E-state index contributed by atoms with van der Waals surface area (Å²) in [6.07, 6.45) is 0. The zero-order valence-corrected chi connectivity index (χ0v) is 7.48. The Balaban J connectivity index is 3.37. The average molecular weight is 218 g/mol. The summed E-state index contributed by atoms with van der Waals surface area (Å²) in [5.41, 5.74) is 3.16. The highest BCUT2D eigenvalue weighted by Gasteiger charge is 2.37. The lowest BCUT2D eigenvalue weighted by atomic mass is 10.1. The number of halogens is 2. The number of nitro groups is 1. The van der Waals surface area contributed by atoms with Crippen molar-refractivity contribution in [2.75, 3.05) is 6.54 Å². The number of hydrogen-bond acceptors (Lipinski definition) is 4. The zero-order valence-electron chi connectivity index (χ0n) is 7.48. The number of phenolic OH excluding ortho intramolecular Hbond substituents is 1. The molecule has 0 spiro atoms. The highest BCUT2D eigenvalue weighted by atomic mass is 19.3. The molecule has 15 heavy (non-hydrogen) atoms. The number of alkyl halides is 2. The summed E-state index contributed by atoms with van der Waals surface area (Å²) < 4.78 is 26.3. The number of hydrogen-bond donors (Lipinski definition) is 2. The molecule has 1 aromatic carbocycles. The van der Waals surface area contributed by atoms with Crippen LogP contribution in [0.1, 0.15) is 5.56 Å². The molecule has 7 heteroatoms. The van der Waals surface area contributed by atoms with E-state index < -0.39 is 34.4 Å². The van der Waals surface area contributed by atoms with Crippen molar-refractivity contribution < 1.29 is 18.8 Å². The van der Waals surface area contributed by atoms with Gasteiger partial charge in [-0.15, -0.1) is 0 Å². The number of nitrogens with zero attached hydrogens (tertiary/aromatic N) is 1. The fourth-order valence-electron chi connectivity index (χ4n) is 1.09. The van der Waals surface area contributed by atoms with E-state index in [4.69, 9.17) is 10.8 Å². The molecule has 0 radical (unpaired) electrons. The number of nitro benzene ring substituents is 1. The maximum absolute atomic E-state index is 13.1. The van der Waals surface area contributed by atoms with Gasteiger partial charge in [0.15, 0.2) is 0 Å². The highest BCUT2D eigenvalue weighted by Crippen LogP contribution is 2.35. The Hall–Kier alpha value is -1.76. The summed E-state index contributed by atoms with van der Waals surface area (Å²) in [6.45, 7) is -1.06. The Bertz CT molecular complexity index is 395. The Labute approximate surface area is 83.3 Å². The van der Waals surface area contributed by atoms with Crippen molar-refractivity contribution >= 4 is 5.69 Å². The number of benzene rings is 1. The quantitative estimate of drug-likeness (QED) is 0.591. The van der Waals surface area contributed by atoms with Crippen molar-refractivity contribution in [3.63, 3.8) is 0 Å². The van der Waals surface area contributed by atoms with E-state index >= 15 is 0 Å². The van der Waals surface area contributed by atoms with Gasteiger partial charge in [0, 0.05) is 6.07 Å². The molecule has 0 heterocycles. The first kappa shape index (κ1) is 11.3. The number of phenols is 1. The molecule has 1 rings (SSSR count). The summed E-state index contributed by atoms with van der Waals surface area (Å²) in [6, 6.07) is 2.42. The van der Waals surface area contributed by atoms with Gasteiger partial charge in [-0.25, -0.2) is 0 Å². The molecule has 3 N–H and O–H groups in total. The predicted molar refractivity (Wildman–Crippen MR) is 47.7 cm³/mol. The fraction of sp³-hybridized carbons (Fsp3) is 0.250. The molecular formula is C8H8F2N2O3. The summed E-state index contributed by atoms with van der Waals surface area (Å²) in [7, 11) is 0. The van der Waals surface area contributed by atoms with E-state index in [1.165, 1.54) is 0 Å². The highest BCUT2D eigenvalue weighted by molar-refractivity contribution is 5.47. The molecule has 0 aliphatic carbocycles. The molecule has 0 fully saturated rings. The van der Waals surface area contributed by atoms with Crippen molar-refractivity contribution in [2.24, 2.45) is 5.73 Å². The number of rotatable bonds is 3. The maximum Gasteiger partial charge on any atom is 0.291 e. The van der Waals surface area contributed by atoms with Gasteiger partial charge >= 0.3 is 0 Å². The van der Waals surface area contributed by atoms with Gasteiger partial charge < -0.3 is 10.8 Å². The Morgan fingerprint density at radius 2 is 2.13 bits per heavy atom. The van der Waals surface area contributed by atoms with E-state index in [0.717, 1.165) is 12.1 Å². The van der Waals surface area contributed by atoms with Crippen LogP contribution in [0, 0.1) is 10.1 Å². The van der Waals surface area contributed by atoms with Crippen LogP contribution < -0.4 is 5.73 Å². The van der Waals surface area contributed by atoms with Gasteiger partial charge in [-0.3, -0.25) is 10.1 Å². The van der Waals surface area contributed by atoms with E-state index in [1.807, 2.05) is 0 Å². The van der Waals surface area contributed by atoms with Crippen molar-refractivity contribution in [3.05, 3.63) is 33.9 Å². The van der Waals surface area contributed by atoms with Crippen molar-refractivity contribution in [1.29, 1.82) is 0 Å². The van der Waals surface area contributed by atoms with Crippen LogP contribution >= 0.6 is 0 Å². The third-order valence-corrected chi connectivity index (χ3v) is 1.83. The second-order valence-corrected chi connectivity index (χ2v) is 2.87. The number of nitrogens with two attached hydrogens (primary N) is 1. The third kappa shape index (κ3) is 2.18. The van der Waals surface area contributed by atoms with E-state index in [9.17, 15) is 18.9 Å². The zero-order chi connectivity index (χ0) is 11.6. The van der Waals surface area contributed by atoms with E-state index in [-0.39, 0.29) is 0 Å². The molecular weight excluding hydrogens is 210 g/mol. The predicted octanol–water partition coefficient (Wildman–Crippen LogP) is 1.35. The summed E-state index contributed by atoms with van der Waals surface area (Å²) in [5.74, 6) is -4.00. The van der Waals surface area contributed by atoms with Gasteiger partial charge in [0.05, 0.1) is 11.5 Å². The monoisotopic (exact) mass is 218 g/mol. The molecule has 1 aromatic rings. The van der Waals surface area contributed by atoms with Gasteiger partial charge in [-0.1, -0.05) is 0 Å². The molecule has 0 aliphatic rings. The standard InChI is InChI=1S/C8H8F2N2O3/c9-8(10,4-11)6-3-5(13)1-2-7(6)12(14)15/h1-3,13H,4,11H2. The summed E-state index contributed by atoms with van der Waals surface area (Å²) in [5, 5.41) is 19.4. The van der Waals surface area contributed by atoms with Crippen LogP contribution in [-0.4, -0.2) is 16.6 Å². The van der Waals surface area contributed by atoms with Crippen molar-refractivity contribution in [3.8, 4) is 5.75 Å². The second kappa shape index (κ2) is 3.77. The van der Waals surface area contributed by atoms with E-state index in [2.05, 4.69) is 0 Å². The van der Waals surface area contributed by atoms with Gasteiger partial charge in [0.1, 0.15) is 11.3 Å². The molecule has 0 atom stereocenters. The van der Waals surface area contributed by atoms with Gasteiger partial charge in [0.25, 0.3) is 11.6 Å². The molecule has 0 aromatic heterocycles. The van der Waals surface area contributed by atoms with Crippen molar-refractivity contribution in [1.82, 2.24) is 0 Å². The van der Waals surface area contributed by atoms with Gasteiger partial charge in [0.2, 0.25) is 0 Å². The van der Waals surface area contributed by atoms with Crippen LogP contribution in [0.4, 0.5) is 14.5 Å². The molecule has 0 unspecified atom stereocenters. The Morgan fingerprint density at radius 1 is 1.53 bits per heavy atom. The van der Waals surface area contributed by atoms with Crippen molar-refractivity contribution in [2.45, 2.75) is 5.92 Å². The first-order valence-electron chi connectivity index (χ1n) is 3.94. The average Bonchev–Trinajstić information content (AvgIpc) is 2.17. The summed E-state index contributed by atoms with van der Waals surface area (Å²) in [4.78, 5) is 9.50. The lowest BCUT2D eigenvalue weighted by Gasteiger charge is -2.14. The Morgan fingerprint density at radius 3 is 2.60 bits per heavy atom. The Kier molecular flexibility index (Phi) is 2.85. The minimum atomic E-state index is -3.53. The van der Waals surface area contributed by atoms with Crippen LogP contribution in [0.3, 0.4) is 0 Å². The van der Waals surface area contributed by atoms with Crippen LogP contribution in [0.2, 0.25) is 0 Å². The van der Waals surface area contributed by atoms with Crippen LogP contribution in [0.5, 0.6) is 5.75 Å². The normalized spacial score (nSPS) is 11.4. The first-order valence-corrected chi connectivity index (χ1v) is 3.94. The van der Waals surface area contributed by atoms with Crippen LogP contribution in [-0.2, 0) is 5.92 Å². The molecule has 82 valence electrons. The third-order valence-electron chi connectivity index (χ3n) is 1.83. The minimum absolute atomic E-state index is 0.469. The largest absolute Gasteiger partial charge is 0.508 e. The fourth-order valence-corrected chi connectivity index (χ4v) is 1.09. The molecule has 0 bridgehead atoms. The molecule has 0 amide bonds. The maximum atomic E-state index is 13.1. The smallest absolute Gasteiger partial charge is 0.291 e. The molecule has 0 aliphatic heterocycles. The SMILES string of the molecule is NCC(F)(F)c1cc(O)ccc1[N+](=O)[O-]. The van der Waals surface area contributed by atoms with Crippen LogP contribution in [0.15, 0.2) is 18.2 Å². The van der Waals surface area contributed by atoms with E-state index in [1.54, 1.807) is 0 Å². The second-order valence-electron chi connectivity index (χ2n) is 2.87. The van der Waals surface area contributed by atoms with Gasteiger partial charge in [-0.05, 0) is 12.1 Å². The van der Waals surface area contributed by atoms with Crippen LogP contribution in [0.25, 0.3) is 0 Å². The van der Waals surface area contributed by atoms with Gasteiger partial charge in [-0.2, -0.15) is 8.78 Å². The molecule has 5 nitrogen and oxygen atoms in total. The molecule has 0 saturated heterocycles.